The summed E-state index contributed by atoms with van der Waals surface area (Å²) in [6, 6.07) is 6.63. The van der Waals surface area contributed by atoms with Crippen molar-refractivity contribution in [2.75, 3.05) is 20.2 Å². The SMILES string of the molecule is COC(=O)c1ccc(C(=O)C2CCNC2)cc1. The summed E-state index contributed by atoms with van der Waals surface area (Å²) < 4.78 is 4.60. The fraction of sp³-hybridized carbons (Fsp3) is 0.385. The zero-order chi connectivity index (χ0) is 12.3. The number of benzene rings is 1. The van der Waals surface area contributed by atoms with Gasteiger partial charge in [0.25, 0.3) is 0 Å². The maximum absolute atomic E-state index is 12.0. The van der Waals surface area contributed by atoms with Crippen LogP contribution in [-0.2, 0) is 4.74 Å². The van der Waals surface area contributed by atoms with Crippen LogP contribution in [0.5, 0.6) is 0 Å². The molecule has 1 aromatic rings. The van der Waals surface area contributed by atoms with Crippen LogP contribution in [0.2, 0.25) is 0 Å². The Hall–Kier alpha value is -1.68. The molecule has 4 nitrogen and oxygen atoms in total. The van der Waals surface area contributed by atoms with Crippen LogP contribution in [0.1, 0.15) is 27.1 Å². The van der Waals surface area contributed by atoms with Gasteiger partial charge in [-0.1, -0.05) is 12.1 Å². The van der Waals surface area contributed by atoms with E-state index >= 15 is 0 Å². The first-order valence-corrected chi connectivity index (χ1v) is 5.65. The number of hydrogen-bond acceptors (Lipinski definition) is 4. The van der Waals surface area contributed by atoms with Gasteiger partial charge in [-0.05, 0) is 25.1 Å². The molecule has 90 valence electrons. The molecule has 0 amide bonds. The second-order valence-electron chi connectivity index (χ2n) is 4.12. The van der Waals surface area contributed by atoms with Crippen molar-refractivity contribution in [3.05, 3.63) is 35.4 Å². The second-order valence-corrected chi connectivity index (χ2v) is 4.12. The van der Waals surface area contributed by atoms with Crippen LogP contribution in [0.3, 0.4) is 0 Å². The van der Waals surface area contributed by atoms with Gasteiger partial charge in [0, 0.05) is 18.0 Å². The Morgan fingerprint density at radius 2 is 1.88 bits per heavy atom. The number of ether oxygens (including phenoxy) is 1. The third kappa shape index (κ3) is 2.53. The van der Waals surface area contributed by atoms with Crippen LogP contribution in [-0.4, -0.2) is 32.0 Å². The third-order valence-corrected chi connectivity index (χ3v) is 3.02. The zero-order valence-corrected chi connectivity index (χ0v) is 9.73. The average molecular weight is 233 g/mol. The summed E-state index contributed by atoms with van der Waals surface area (Å²) in [5, 5.41) is 3.17. The van der Waals surface area contributed by atoms with Gasteiger partial charge in [-0.3, -0.25) is 4.79 Å². The Labute approximate surface area is 100.0 Å². The first-order chi connectivity index (χ1) is 8.22. The Bertz CT molecular complexity index is 419. The number of hydrogen-bond donors (Lipinski definition) is 1. The second kappa shape index (κ2) is 5.10. The van der Waals surface area contributed by atoms with E-state index < -0.39 is 0 Å². The number of rotatable bonds is 3. The minimum Gasteiger partial charge on any atom is -0.465 e. The lowest BCUT2D eigenvalue weighted by Gasteiger charge is -2.07. The standard InChI is InChI=1S/C13H15NO3/c1-17-13(16)10-4-2-9(3-5-10)12(15)11-6-7-14-8-11/h2-5,11,14H,6-8H2,1H3. The number of carbonyl (C=O) groups is 2. The highest BCUT2D eigenvalue weighted by molar-refractivity contribution is 5.99. The van der Waals surface area contributed by atoms with Crippen LogP contribution in [0, 0.1) is 5.92 Å². The maximum Gasteiger partial charge on any atom is 0.337 e. The van der Waals surface area contributed by atoms with E-state index in [-0.39, 0.29) is 17.7 Å². The molecule has 0 spiro atoms. The molecule has 2 rings (SSSR count). The van der Waals surface area contributed by atoms with Gasteiger partial charge in [-0.2, -0.15) is 0 Å². The van der Waals surface area contributed by atoms with Gasteiger partial charge in [0.1, 0.15) is 0 Å². The molecule has 1 unspecified atom stereocenters. The molecular weight excluding hydrogens is 218 g/mol. The quantitative estimate of drug-likeness (QED) is 0.631. The molecule has 1 saturated heterocycles. The van der Waals surface area contributed by atoms with Gasteiger partial charge >= 0.3 is 5.97 Å². The van der Waals surface area contributed by atoms with Crippen LogP contribution < -0.4 is 5.32 Å². The topological polar surface area (TPSA) is 55.4 Å². The fourth-order valence-electron chi connectivity index (χ4n) is 2.00. The molecular formula is C13H15NO3. The highest BCUT2D eigenvalue weighted by Crippen LogP contribution is 2.16. The van der Waals surface area contributed by atoms with Gasteiger partial charge in [-0.25, -0.2) is 4.79 Å². The molecule has 1 fully saturated rings. The number of ketones is 1. The number of Topliss-reactive ketones (excluding diaryl/α,β-unsaturated/α-hetero) is 1. The molecule has 0 aliphatic carbocycles. The summed E-state index contributed by atoms with van der Waals surface area (Å²) >= 11 is 0. The fourth-order valence-corrected chi connectivity index (χ4v) is 2.00. The van der Waals surface area contributed by atoms with Gasteiger partial charge < -0.3 is 10.1 Å². The van der Waals surface area contributed by atoms with Crippen molar-refractivity contribution in [2.24, 2.45) is 5.92 Å². The van der Waals surface area contributed by atoms with Crippen molar-refractivity contribution in [1.29, 1.82) is 0 Å². The maximum atomic E-state index is 12.0. The van der Waals surface area contributed by atoms with Gasteiger partial charge in [0.05, 0.1) is 12.7 Å². The predicted molar refractivity (Wildman–Crippen MR) is 63.1 cm³/mol. The largest absolute Gasteiger partial charge is 0.465 e. The lowest BCUT2D eigenvalue weighted by molar-refractivity contribution is 0.0600. The minimum absolute atomic E-state index is 0.0685. The summed E-state index contributed by atoms with van der Waals surface area (Å²) in [7, 11) is 1.34. The lowest BCUT2D eigenvalue weighted by atomic mass is 9.96. The van der Waals surface area contributed by atoms with Crippen molar-refractivity contribution < 1.29 is 14.3 Å². The number of methoxy groups -OCH3 is 1. The van der Waals surface area contributed by atoms with E-state index in [2.05, 4.69) is 10.1 Å². The van der Waals surface area contributed by atoms with Crippen LogP contribution >= 0.6 is 0 Å². The number of carbonyl (C=O) groups excluding carboxylic acids is 2. The van der Waals surface area contributed by atoms with E-state index in [4.69, 9.17) is 0 Å². The van der Waals surface area contributed by atoms with E-state index in [1.54, 1.807) is 24.3 Å². The molecule has 0 radical (unpaired) electrons. The summed E-state index contributed by atoms with van der Waals surface area (Å²) in [6.45, 7) is 1.65. The predicted octanol–water partition coefficient (Wildman–Crippen LogP) is 1.27. The average Bonchev–Trinajstić information content (AvgIpc) is 2.91. The molecule has 1 aliphatic rings. The van der Waals surface area contributed by atoms with Crippen molar-refractivity contribution in [3.63, 3.8) is 0 Å². The first-order valence-electron chi connectivity index (χ1n) is 5.65. The van der Waals surface area contributed by atoms with Crippen LogP contribution in [0.15, 0.2) is 24.3 Å². The molecule has 1 N–H and O–H groups in total. The minimum atomic E-state index is -0.383. The highest BCUT2D eigenvalue weighted by Gasteiger charge is 2.23. The van der Waals surface area contributed by atoms with Crippen LogP contribution in [0.4, 0.5) is 0 Å². The Morgan fingerprint density at radius 3 is 2.41 bits per heavy atom. The zero-order valence-electron chi connectivity index (χ0n) is 9.73. The first kappa shape index (κ1) is 11.8. The summed E-state index contributed by atoms with van der Waals surface area (Å²) in [6.07, 6.45) is 0.886. The normalized spacial score (nSPS) is 19.0. The van der Waals surface area contributed by atoms with E-state index in [9.17, 15) is 9.59 Å². The molecule has 4 heteroatoms. The van der Waals surface area contributed by atoms with E-state index in [0.29, 0.717) is 11.1 Å². The smallest absolute Gasteiger partial charge is 0.337 e. The van der Waals surface area contributed by atoms with E-state index in [0.717, 1.165) is 19.5 Å². The molecule has 0 bridgehead atoms. The molecule has 1 aromatic carbocycles. The van der Waals surface area contributed by atoms with Gasteiger partial charge in [0.15, 0.2) is 5.78 Å². The summed E-state index contributed by atoms with van der Waals surface area (Å²) in [5.74, 6) is -0.170. The van der Waals surface area contributed by atoms with Crippen molar-refractivity contribution >= 4 is 11.8 Å². The van der Waals surface area contributed by atoms with Crippen molar-refractivity contribution in [1.82, 2.24) is 5.32 Å². The summed E-state index contributed by atoms with van der Waals surface area (Å²) in [5.41, 5.74) is 1.12. The van der Waals surface area contributed by atoms with Crippen molar-refractivity contribution in [3.8, 4) is 0 Å². The summed E-state index contributed by atoms with van der Waals surface area (Å²) in [4.78, 5) is 23.3. The number of nitrogens with one attached hydrogen (secondary N) is 1. The third-order valence-electron chi connectivity index (χ3n) is 3.02. The van der Waals surface area contributed by atoms with E-state index in [1.807, 2.05) is 0 Å². The van der Waals surface area contributed by atoms with Gasteiger partial charge in [0.2, 0.25) is 0 Å². The molecule has 1 heterocycles. The molecule has 1 aliphatic heterocycles. The van der Waals surface area contributed by atoms with Gasteiger partial charge in [-0.15, -0.1) is 0 Å². The Morgan fingerprint density at radius 1 is 1.24 bits per heavy atom. The highest BCUT2D eigenvalue weighted by atomic mass is 16.5. The lowest BCUT2D eigenvalue weighted by Crippen LogP contribution is -2.18. The Kier molecular flexibility index (Phi) is 3.54. The molecule has 0 saturated carbocycles. The Balaban J connectivity index is 2.11. The van der Waals surface area contributed by atoms with E-state index in [1.165, 1.54) is 7.11 Å². The van der Waals surface area contributed by atoms with Crippen molar-refractivity contribution in [2.45, 2.75) is 6.42 Å². The molecule has 0 aromatic heterocycles. The molecule has 17 heavy (non-hydrogen) atoms. The number of esters is 1. The van der Waals surface area contributed by atoms with Crippen LogP contribution in [0.25, 0.3) is 0 Å². The molecule has 1 atom stereocenters. The monoisotopic (exact) mass is 233 g/mol.